The molecule has 134 valence electrons. The Hall–Kier alpha value is -2.34. The van der Waals surface area contributed by atoms with Gasteiger partial charge in [0.15, 0.2) is 0 Å². The van der Waals surface area contributed by atoms with Crippen LogP contribution in [-0.4, -0.2) is 46.2 Å². The van der Waals surface area contributed by atoms with Gasteiger partial charge in [-0.1, -0.05) is 19.1 Å². The van der Waals surface area contributed by atoms with E-state index in [1.807, 2.05) is 42.1 Å². The van der Waals surface area contributed by atoms with Gasteiger partial charge in [0.2, 0.25) is 0 Å². The summed E-state index contributed by atoms with van der Waals surface area (Å²) in [5.74, 6) is 0.882. The van der Waals surface area contributed by atoms with Gasteiger partial charge < -0.3 is 20.1 Å². The number of carbonyl (C=O) groups excluding carboxylic acids is 1. The van der Waals surface area contributed by atoms with Crippen LogP contribution in [0.4, 0.5) is 10.5 Å². The number of hydrogen-bond acceptors (Lipinski definition) is 3. The number of nitrogens with zero attached hydrogens (tertiary/aromatic N) is 3. The minimum absolute atomic E-state index is 0.133. The van der Waals surface area contributed by atoms with Crippen molar-refractivity contribution in [3.8, 4) is 11.4 Å². The summed E-state index contributed by atoms with van der Waals surface area (Å²) in [6.07, 6.45) is 6.90. The average Bonchev–Trinajstić information content (AvgIpc) is 3.03. The van der Waals surface area contributed by atoms with Gasteiger partial charge >= 0.3 is 6.03 Å². The maximum Gasteiger partial charge on any atom is 0.319 e. The van der Waals surface area contributed by atoms with Gasteiger partial charge in [-0.3, -0.25) is 0 Å². The zero-order chi connectivity index (χ0) is 17.6. The van der Waals surface area contributed by atoms with E-state index in [-0.39, 0.29) is 12.1 Å². The number of piperidine rings is 1. The van der Waals surface area contributed by atoms with Gasteiger partial charge in [0, 0.05) is 49.8 Å². The summed E-state index contributed by atoms with van der Waals surface area (Å²) in [4.78, 5) is 19.1. The molecule has 2 amide bonds. The van der Waals surface area contributed by atoms with Crippen LogP contribution in [0.2, 0.25) is 0 Å². The number of rotatable bonds is 5. The summed E-state index contributed by atoms with van der Waals surface area (Å²) >= 11 is 0. The number of anilines is 1. The lowest BCUT2D eigenvalue weighted by Crippen LogP contribution is -2.46. The molecule has 0 unspecified atom stereocenters. The molecule has 0 saturated carbocycles. The van der Waals surface area contributed by atoms with Crippen LogP contribution in [0.1, 0.15) is 26.2 Å². The third-order valence-corrected chi connectivity index (χ3v) is 4.66. The second-order valence-electron chi connectivity index (χ2n) is 6.66. The Balaban J connectivity index is 1.54. The number of amides is 2. The Labute approximate surface area is 149 Å². The third-order valence-electron chi connectivity index (χ3n) is 4.66. The Bertz CT molecular complexity index is 703. The van der Waals surface area contributed by atoms with Crippen LogP contribution in [0.25, 0.3) is 11.4 Å². The number of aromatic nitrogens is 2. The van der Waals surface area contributed by atoms with Gasteiger partial charge in [0.1, 0.15) is 5.82 Å². The molecular weight excluding hydrogens is 314 g/mol. The first-order chi connectivity index (χ1) is 12.2. The summed E-state index contributed by atoms with van der Waals surface area (Å²) in [5, 5.41) is 6.04. The van der Waals surface area contributed by atoms with Gasteiger partial charge in [-0.2, -0.15) is 0 Å². The molecule has 3 rings (SSSR count). The molecule has 0 aliphatic carbocycles. The fourth-order valence-electron chi connectivity index (χ4n) is 3.35. The highest BCUT2D eigenvalue weighted by atomic mass is 16.2. The summed E-state index contributed by atoms with van der Waals surface area (Å²) in [6.45, 7) is 5.48. The van der Waals surface area contributed by atoms with Crippen LogP contribution in [0.15, 0.2) is 36.7 Å². The fraction of sp³-hybridized carbons (Fsp3) is 0.474. The number of hydrogen-bond donors (Lipinski definition) is 2. The minimum atomic E-state index is -0.133. The second-order valence-corrected chi connectivity index (χ2v) is 6.66. The van der Waals surface area contributed by atoms with E-state index < -0.39 is 0 Å². The van der Waals surface area contributed by atoms with Crippen molar-refractivity contribution >= 4 is 11.7 Å². The molecule has 0 radical (unpaired) electrons. The quantitative estimate of drug-likeness (QED) is 0.878. The largest absolute Gasteiger partial charge is 0.335 e. The van der Waals surface area contributed by atoms with E-state index in [0.29, 0.717) is 0 Å². The van der Waals surface area contributed by atoms with Gasteiger partial charge in [-0.05, 0) is 37.9 Å². The zero-order valence-corrected chi connectivity index (χ0v) is 15.0. The van der Waals surface area contributed by atoms with E-state index in [4.69, 9.17) is 0 Å². The normalized spacial score (nSPS) is 15.9. The molecule has 2 N–H and O–H groups in total. The van der Waals surface area contributed by atoms with Crippen LogP contribution in [-0.2, 0) is 7.05 Å². The van der Waals surface area contributed by atoms with Crippen molar-refractivity contribution in [1.29, 1.82) is 0 Å². The molecule has 1 aliphatic heterocycles. The first-order valence-corrected chi connectivity index (χ1v) is 9.03. The predicted octanol–water partition coefficient (Wildman–Crippen LogP) is 3.08. The Kier molecular flexibility index (Phi) is 5.71. The smallest absolute Gasteiger partial charge is 0.319 e. The van der Waals surface area contributed by atoms with Crippen molar-refractivity contribution in [2.75, 3.05) is 25.0 Å². The van der Waals surface area contributed by atoms with E-state index in [2.05, 4.69) is 27.4 Å². The van der Waals surface area contributed by atoms with Gasteiger partial charge in [-0.15, -0.1) is 0 Å². The number of benzene rings is 1. The number of imidazole rings is 1. The molecule has 1 aromatic carbocycles. The summed E-state index contributed by atoms with van der Waals surface area (Å²) < 4.78 is 1.96. The predicted molar refractivity (Wildman–Crippen MR) is 101 cm³/mol. The maximum absolute atomic E-state index is 12.3. The van der Waals surface area contributed by atoms with E-state index in [1.165, 1.54) is 6.42 Å². The SMILES string of the molecule is CCCN1CCC(NC(=O)Nc2cccc(-c3nccn3C)c2)CC1. The Morgan fingerprint density at radius 2 is 2.12 bits per heavy atom. The lowest BCUT2D eigenvalue weighted by atomic mass is 10.1. The fourth-order valence-corrected chi connectivity index (χ4v) is 3.35. The summed E-state index contributed by atoms with van der Waals surface area (Å²) in [7, 11) is 1.96. The van der Waals surface area contributed by atoms with E-state index in [9.17, 15) is 4.79 Å². The standard InChI is InChI=1S/C19H27N5O/c1-3-10-24-11-7-16(8-12-24)21-19(25)22-17-6-4-5-15(14-17)18-20-9-13-23(18)2/h4-6,9,13-14,16H,3,7-8,10-12H2,1-2H3,(H2,21,22,25). The third kappa shape index (κ3) is 4.60. The van der Waals surface area contributed by atoms with Gasteiger partial charge in [-0.25, -0.2) is 9.78 Å². The van der Waals surface area contributed by atoms with E-state index in [0.717, 1.165) is 49.6 Å². The molecule has 6 nitrogen and oxygen atoms in total. The molecule has 1 saturated heterocycles. The molecule has 6 heteroatoms. The first kappa shape index (κ1) is 17.5. The lowest BCUT2D eigenvalue weighted by Gasteiger charge is -2.32. The monoisotopic (exact) mass is 341 g/mol. The highest BCUT2D eigenvalue weighted by Gasteiger charge is 2.20. The highest BCUT2D eigenvalue weighted by Crippen LogP contribution is 2.20. The first-order valence-electron chi connectivity index (χ1n) is 9.03. The van der Waals surface area contributed by atoms with Crippen LogP contribution >= 0.6 is 0 Å². The average molecular weight is 341 g/mol. The van der Waals surface area contributed by atoms with Gasteiger partial charge in [0.05, 0.1) is 0 Å². The van der Waals surface area contributed by atoms with E-state index in [1.54, 1.807) is 6.20 Å². The van der Waals surface area contributed by atoms with Crippen molar-refractivity contribution in [3.05, 3.63) is 36.7 Å². The van der Waals surface area contributed by atoms with Gasteiger partial charge in [0.25, 0.3) is 0 Å². The zero-order valence-electron chi connectivity index (χ0n) is 15.0. The molecule has 0 bridgehead atoms. The number of urea groups is 1. The molecule has 0 spiro atoms. The van der Waals surface area contributed by atoms with Crippen molar-refractivity contribution in [1.82, 2.24) is 19.8 Å². The number of likely N-dealkylation sites (tertiary alicyclic amines) is 1. The second kappa shape index (κ2) is 8.16. The number of aryl methyl sites for hydroxylation is 1. The van der Waals surface area contributed by atoms with E-state index >= 15 is 0 Å². The minimum Gasteiger partial charge on any atom is -0.335 e. The van der Waals surface area contributed by atoms with Crippen LogP contribution in [0.3, 0.4) is 0 Å². The molecular formula is C19H27N5O. The van der Waals surface area contributed by atoms with Crippen molar-refractivity contribution in [2.45, 2.75) is 32.2 Å². The molecule has 1 fully saturated rings. The summed E-state index contributed by atoms with van der Waals surface area (Å²) in [6, 6.07) is 7.90. The molecule has 25 heavy (non-hydrogen) atoms. The molecule has 1 aromatic heterocycles. The van der Waals surface area contributed by atoms with Crippen molar-refractivity contribution < 1.29 is 4.79 Å². The molecule has 2 heterocycles. The molecule has 1 aliphatic rings. The molecule has 0 atom stereocenters. The maximum atomic E-state index is 12.3. The van der Waals surface area contributed by atoms with Crippen LogP contribution < -0.4 is 10.6 Å². The Morgan fingerprint density at radius 1 is 1.32 bits per heavy atom. The topological polar surface area (TPSA) is 62.2 Å². The highest BCUT2D eigenvalue weighted by molar-refractivity contribution is 5.90. The Morgan fingerprint density at radius 3 is 2.80 bits per heavy atom. The lowest BCUT2D eigenvalue weighted by molar-refractivity contribution is 0.196. The van der Waals surface area contributed by atoms with Crippen LogP contribution in [0, 0.1) is 0 Å². The number of nitrogens with one attached hydrogen (secondary N) is 2. The molecule has 2 aromatic rings. The van der Waals surface area contributed by atoms with Crippen molar-refractivity contribution in [3.63, 3.8) is 0 Å². The van der Waals surface area contributed by atoms with Crippen LogP contribution in [0.5, 0.6) is 0 Å². The van der Waals surface area contributed by atoms with Crippen molar-refractivity contribution in [2.24, 2.45) is 7.05 Å². The summed E-state index contributed by atoms with van der Waals surface area (Å²) in [5.41, 5.74) is 1.76. The number of carbonyl (C=O) groups is 1.